The highest BCUT2D eigenvalue weighted by atomic mass is 32.1. The molecule has 1 amide bonds. The van der Waals surface area contributed by atoms with Crippen LogP contribution in [0.15, 0.2) is 6.33 Å². The highest BCUT2D eigenvalue weighted by Crippen LogP contribution is 2.31. The Morgan fingerprint density at radius 1 is 1.48 bits per heavy atom. The number of aromatic nitrogens is 3. The summed E-state index contributed by atoms with van der Waals surface area (Å²) in [7, 11) is 1.84. The van der Waals surface area contributed by atoms with Crippen molar-refractivity contribution in [2.45, 2.75) is 52.5 Å². The fourth-order valence-electron chi connectivity index (χ4n) is 2.65. The van der Waals surface area contributed by atoms with E-state index in [0.29, 0.717) is 18.7 Å². The van der Waals surface area contributed by atoms with Crippen LogP contribution in [-0.4, -0.2) is 25.7 Å². The van der Waals surface area contributed by atoms with Crippen molar-refractivity contribution in [2.24, 2.45) is 18.2 Å². The molecule has 0 aliphatic carbocycles. The Morgan fingerprint density at radius 3 is 2.43 bits per heavy atom. The van der Waals surface area contributed by atoms with Crippen molar-refractivity contribution >= 4 is 23.1 Å². The molecule has 1 unspecified atom stereocenters. The predicted molar refractivity (Wildman–Crippen MR) is 86.6 cm³/mol. The second-order valence-electron chi connectivity index (χ2n) is 5.44. The van der Waals surface area contributed by atoms with Crippen molar-refractivity contribution in [3.63, 3.8) is 0 Å². The molecule has 0 saturated heterocycles. The minimum Gasteiger partial charge on any atom is -0.392 e. The van der Waals surface area contributed by atoms with E-state index in [0.717, 1.165) is 12.8 Å². The van der Waals surface area contributed by atoms with E-state index in [1.54, 1.807) is 10.9 Å². The summed E-state index contributed by atoms with van der Waals surface area (Å²) in [6.45, 7) is 5.94. The molecule has 0 saturated carbocycles. The Bertz CT molecular complexity index is 493. The third-order valence-electron chi connectivity index (χ3n) is 3.74. The molecule has 118 valence electrons. The molecular weight excluding hydrogens is 286 g/mol. The summed E-state index contributed by atoms with van der Waals surface area (Å²) in [6.07, 6.45) is 4.63. The molecule has 6 nitrogen and oxygen atoms in total. The lowest BCUT2D eigenvalue weighted by molar-refractivity contribution is -0.129. The van der Waals surface area contributed by atoms with Gasteiger partial charge < -0.3 is 15.6 Å². The molecule has 7 heteroatoms. The molecule has 0 aliphatic heterocycles. The number of nitrogens with one attached hydrogen (secondary N) is 1. The molecule has 1 heterocycles. The van der Waals surface area contributed by atoms with Crippen LogP contribution in [0, 0.1) is 5.41 Å². The second kappa shape index (κ2) is 7.49. The molecule has 1 rings (SSSR count). The maximum absolute atomic E-state index is 12.8. The topological polar surface area (TPSA) is 85.8 Å². The number of nitrogens with two attached hydrogens (primary N) is 1. The summed E-state index contributed by atoms with van der Waals surface area (Å²) in [5.74, 6) is 0.586. The number of carbonyl (C=O) groups excluding carboxylic acids is 1. The Labute approximate surface area is 131 Å². The summed E-state index contributed by atoms with van der Waals surface area (Å²) in [5, 5.41) is 10.8. The third kappa shape index (κ3) is 3.78. The van der Waals surface area contributed by atoms with E-state index in [4.69, 9.17) is 18.0 Å². The van der Waals surface area contributed by atoms with E-state index in [-0.39, 0.29) is 16.9 Å². The number of hydrogen-bond acceptors (Lipinski definition) is 4. The Morgan fingerprint density at radius 2 is 2.05 bits per heavy atom. The lowest BCUT2D eigenvalue weighted by atomic mass is 9.78. The van der Waals surface area contributed by atoms with E-state index in [1.165, 1.54) is 0 Å². The number of rotatable bonds is 8. The van der Waals surface area contributed by atoms with Gasteiger partial charge in [0.05, 0.1) is 16.4 Å². The van der Waals surface area contributed by atoms with E-state index < -0.39 is 5.41 Å². The summed E-state index contributed by atoms with van der Waals surface area (Å²) < 4.78 is 1.78. The van der Waals surface area contributed by atoms with Crippen LogP contribution >= 0.6 is 12.2 Å². The van der Waals surface area contributed by atoms with Gasteiger partial charge in [0.25, 0.3) is 0 Å². The highest BCUT2D eigenvalue weighted by Gasteiger charge is 2.40. The fourth-order valence-corrected chi connectivity index (χ4v) is 2.94. The molecule has 1 aromatic heterocycles. The van der Waals surface area contributed by atoms with Crippen LogP contribution in [0.1, 0.15) is 58.3 Å². The minimum atomic E-state index is -0.772. The standard InChI is InChI=1S/C14H25N5OS/c1-5-7-14(8-6-2,12(15)21)13(20)17-10(3)11-18-16-9-19(11)4/h9-10H,5-8H2,1-4H3,(H2,15,21)(H,17,20). The van der Waals surface area contributed by atoms with Gasteiger partial charge in [0, 0.05) is 7.05 Å². The molecule has 0 spiro atoms. The average Bonchev–Trinajstić information content (AvgIpc) is 2.84. The third-order valence-corrected chi connectivity index (χ3v) is 4.13. The van der Waals surface area contributed by atoms with Gasteiger partial charge in [-0.1, -0.05) is 38.9 Å². The molecule has 0 radical (unpaired) electrons. The zero-order chi connectivity index (χ0) is 16.0. The number of thiocarbonyl (C=S) groups is 1. The Balaban J connectivity index is 2.95. The Hall–Kier alpha value is -1.50. The van der Waals surface area contributed by atoms with E-state index in [2.05, 4.69) is 15.5 Å². The normalized spacial score (nSPS) is 13.0. The minimum absolute atomic E-state index is 0.116. The van der Waals surface area contributed by atoms with Crippen LogP contribution < -0.4 is 11.1 Å². The maximum Gasteiger partial charge on any atom is 0.233 e. The van der Waals surface area contributed by atoms with Gasteiger partial charge in [-0.3, -0.25) is 4.79 Å². The number of aryl methyl sites for hydroxylation is 1. The van der Waals surface area contributed by atoms with E-state index in [1.807, 2.05) is 27.8 Å². The average molecular weight is 311 g/mol. The van der Waals surface area contributed by atoms with Gasteiger partial charge in [-0.2, -0.15) is 0 Å². The van der Waals surface area contributed by atoms with E-state index in [9.17, 15) is 4.79 Å². The molecule has 0 aromatic carbocycles. The monoisotopic (exact) mass is 311 g/mol. The molecule has 1 atom stereocenters. The van der Waals surface area contributed by atoms with Crippen LogP contribution in [0.2, 0.25) is 0 Å². The van der Waals surface area contributed by atoms with Crippen molar-refractivity contribution in [3.05, 3.63) is 12.2 Å². The van der Waals surface area contributed by atoms with Crippen LogP contribution in [0.3, 0.4) is 0 Å². The smallest absolute Gasteiger partial charge is 0.233 e. The van der Waals surface area contributed by atoms with Crippen LogP contribution in [0.5, 0.6) is 0 Å². The molecule has 0 fully saturated rings. The number of carbonyl (C=O) groups is 1. The van der Waals surface area contributed by atoms with Gasteiger partial charge in [0.2, 0.25) is 5.91 Å². The van der Waals surface area contributed by atoms with Crippen LogP contribution in [0.25, 0.3) is 0 Å². The Kier molecular flexibility index (Phi) is 6.26. The maximum atomic E-state index is 12.8. The molecule has 3 N–H and O–H groups in total. The predicted octanol–water partition coefficient (Wildman–Crippen LogP) is 1.86. The largest absolute Gasteiger partial charge is 0.392 e. The first-order valence-electron chi connectivity index (χ1n) is 7.33. The van der Waals surface area contributed by atoms with Crippen molar-refractivity contribution < 1.29 is 4.79 Å². The highest BCUT2D eigenvalue weighted by molar-refractivity contribution is 7.80. The molecule has 1 aromatic rings. The molecular formula is C14H25N5OS. The number of amides is 1. The van der Waals surface area contributed by atoms with Crippen LogP contribution in [0.4, 0.5) is 0 Å². The SMILES string of the molecule is CCCC(CCC)(C(=O)NC(C)c1nncn1C)C(N)=S. The van der Waals surface area contributed by atoms with E-state index >= 15 is 0 Å². The van der Waals surface area contributed by atoms with Gasteiger partial charge in [0.15, 0.2) is 5.82 Å². The first-order valence-corrected chi connectivity index (χ1v) is 7.74. The summed E-state index contributed by atoms with van der Waals surface area (Å²) in [5.41, 5.74) is 5.13. The molecule has 21 heavy (non-hydrogen) atoms. The van der Waals surface area contributed by atoms with Gasteiger partial charge >= 0.3 is 0 Å². The van der Waals surface area contributed by atoms with Crippen molar-refractivity contribution in [2.75, 3.05) is 0 Å². The first-order chi connectivity index (χ1) is 9.89. The summed E-state index contributed by atoms with van der Waals surface area (Å²) >= 11 is 5.20. The number of hydrogen-bond donors (Lipinski definition) is 2. The van der Waals surface area contributed by atoms with Crippen LogP contribution in [-0.2, 0) is 11.8 Å². The van der Waals surface area contributed by atoms with Crippen molar-refractivity contribution in [1.29, 1.82) is 0 Å². The quantitative estimate of drug-likeness (QED) is 0.716. The van der Waals surface area contributed by atoms with Gasteiger partial charge in [0.1, 0.15) is 6.33 Å². The number of nitrogens with zero attached hydrogens (tertiary/aromatic N) is 3. The van der Waals surface area contributed by atoms with Gasteiger partial charge in [-0.05, 0) is 19.8 Å². The molecule has 0 aliphatic rings. The summed E-state index contributed by atoms with van der Waals surface area (Å²) in [6, 6.07) is -0.243. The second-order valence-corrected chi connectivity index (χ2v) is 5.88. The lowest BCUT2D eigenvalue weighted by Gasteiger charge is -2.32. The zero-order valence-corrected chi connectivity index (χ0v) is 14.0. The molecule has 0 bridgehead atoms. The lowest BCUT2D eigenvalue weighted by Crippen LogP contribution is -2.49. The first kappa shape index (κ1) is 17.6. The van der Waals surface area contributed by atoms with Gasteiger partial charge in [-0.25, -0.2) is 0 Å². The summed E-state index contributed by atoms with van der Waals surface area (Å²) in [4.78, 5) is 13.0. The van der Waals surface area contributed by atoms with Gasteiger partial charge in [-0.15, -0.1) is 10.2 Å². The fraction of sp³-hybridized carbons (Fsp3) is 0.714. The zero-order valence-electron chi connectivity index (χ0n) is 13.2. The van der Waals surface area contributed by atoms with Crippen molar-refractivity contribution in [3.8, 4) is 0 Å². The van der Waals surface area contributed by atoms with Crippen molar-refractivity contribution in [1.82, 2.24) is 20.1 Å².